The summed E-state index contributed by atoms with van der Waals surface area (Å²) in [5.41, 5.74) is 12.1. The van der Waals surface area contributed by atoms with Gasteiger partial charge in [-0.15, -0.1) is 0 Å². The molecule has 0 aliphatic carbocycles. The van der Waals surface area contributed by atoms with Crippen LogP contribution in [0.4, 0.5) is 0 Å². The molecule has 1 aromatic carbocycles. The minimum Gasteiger partial charge on any atom is -0.480 e. The van der Waals surface area contributed by atoms with E-state index in [9.17, 15) is 38.7 Å². The maximum Gasteiger partial charge on any atom is 0.326 e. The van der Waals surface area contributed by atoms with Gasteiger partial charge in [0.25, 0.3) is 0 Å². The number of rotatable bonds is 24. The lowest BCUT2D eigenvalue weighted by Gasteiger charge is -2.25. The van der Waals surface area contributed by atoms with E-state index in [1.165, 1.54) is 18.9 Å². The molecule has 17 heteroatoms. The summed E-state index contributed by atoms with van der Waals surface area (Å²) in [5.74, 6) is -4.85. The van der Waals surface area contributed by atoms with Gasteiger partial charge in [-0.1, -0.05) is 44.2 Å². The number of ether oxygens (including phenoxy) is 1. The fourth-order valence-electron chi connectivity index (χ4n) is 4.72. The molecule has 5 amide bonds. The minimum absolute atomic E-state index is 0.0126. The Morgan fingerprint density at radius 2 is 1.44 bits per heavy atom. The molecule has 0 bridgehead atoms. The average molecular weight is 724 g/mol. The molecular weight excluding hydrogens is 670 g/mol. The second-order valence-electron chi connectivity index (χ2n) is 12.1. The van der Waals surface area contributed by atoms with Crippen molar-refractivity contribution in [3.05, 3.63) is 35.9 Å². The van der Waals surface area contributed by atoms with Crippen molar-refractivity contribution in [1.82, 2.24) is 26.6 Å². The molecule has 0 heterocycles. The number of carboxylic acid groups (broad SMARTS) is 1. The van der Waals surface area contributed by atoms with Gasteiger partial charge >= 0.3 is 11.9 Å². The van der Waals surface area contributed by atoms with Crippen LogP contribution in [0.5, 0.6) is 0 Å². The lowest BCUT2D eigenvalue weighted by Crippen LogP contribution is -2.57. The van der Waals surface area contributed by atoms with Gasteiger partial charge in [-0.05, 0) is 62.1 Å². The van der Waals surface area contributed by atoms with Crippen LogP contribution in [-0.2, 0) is 44.7 Å². The molecule has 0 spiro atoms. The van der Waals surface area contributed by atoms with Gasteiger partial charge in [0.05, 0.1) is 19.7 Å². The number of nitrogens with two attached hydrogens (primary N) is 2. The topological polar surface area (TPSA) is 261 Å². The summed E-state index contributed by atoms with van der Waals surface area (Å²) in [6.07, 6.45) is 2.63. The van der Waals surface area contributed by atoms with Crippen LogP contribution < -0.4 is 38.1 Å². The first-order chi connectivity index (χ1) is 23.7. The van der Waals surface area contributed by atoms with Crippen LogP contribution in [0.25, 0.3) is 0 Å². The smallest absolute Gasteiger partial charge is 0.326 e. The molecule has 0 aliphatic rings. The molecule has 0 unspecified atom stereocenters. The maximum absolute atomic E-state index is 13.5. The van der Waals surface area contributed by atoms with Gasteiger partial charge in [-0.25, -0.2) is 4.79 Å². The molecule has 0 aliphatic heterocycles. The molecule has 0 saturated carbocycles. The number of methoxy groups -OCH3 is 1. The lowest BCUT2D eigenvalue weighted by atomic mass is 10.0. The van der Waals surface area contributed by atoms with E-state index in [1.54, 1.807) is 30.3 Å². The van der Waals surface area contributed by atoms with Crippen LogP contribution in [0.2, 0.25) is 0 Å². The summed E-state index contributed by atoms with van der Waals surface area (Å²) in [4.78, 5) is 89.2. The Morgan fingerprint density at radius 3 is 2.02 bits per heavy atom. The average Bonchev–Trinajstić information content (AvgIpc) is 3.08. The fraction of sp³-hybridized carbons (Fsp3) is 0.606. The Kier molecular flexibility index (Phi) is 21.0. The first kappa shape index (κ1) is 43.8. The normalized spacial score (nSPS) is 13.9. The number of hydrogen-bond acceptors (Lipinski definition) is 11. The molecule has 16 nitrogen and oxygen atoms in total. The predicted molar refractivity (Wildman–Crippen MR) is 188 cm³/mol. The van der Waals surface area contributed by atoms with Crippen molar-refractivity contribution in [3.63, 3.8) is 0 Å². The highest BCUT2D eigenvalue weighted by Crippen LogP contribution is 2.09. The maximum atomic E-state index is 13.5. The van der Waals surface area contributed by atoms with E-state index in [2.05, 4.69) is 31.3 Å². The summed E-state index contributed by atoms with van der Waals surface area (Å²) in [6.45, 7) is 3.43. The molecule has 5 atom stereocenters. The van der Waals surface area contributed by atoms with Crippen LogP contribution in [0.15, 0.2) is 30.3 Å². The first-order valence-corrected chi connectivity index (χ1v) is 17.9. The van der Waals surface area contributed by atoms with Crippen LogP contribution in [-0.4, -0.2) is 109 Å². The van der Waals surface area contributed by atoms with E-state index in [4.69, 9.17) is 11.5 Å². The van der Waals surface area contributed by atoms with Gasteiger partial charge in [0.15, 0.2) is 0 Å². The minimum atomic E-state index is -1.25. The van der Waals surface area contributed by atoms with Gasteiger partial charge in [0.2, 0.25) is 29.5 Å². The zero-order chi connectivity index (χ0) is 37.6. The van der Waals surface area contributed by atoms with E-state index in [-0.39, 0.29) is 44.4 Å². The summed E-state index contributed by atoms with van der Waals surface area (Å²) in [7, 11) is 1.19. The SMILES string of the molecule is COC(=O)CC[C@H](NC(=O)[C@@H](N)CCCN)C(=O)N[C@@H](Cc1ccccc1)C(=O)NCC(=O)N[C@@H](CC(C)C)C(=O)N[C@@H](CCSC)C(=O)O. The van der Waals surface area contributed by atoms with Crippen LogP contribution in [0, 0.1) is 5.92 Å². The number of benzene rings is 1. The second-order valence-corrected chi connectivity index (χ2v) is 13.1. The Bertz CT molecular complexity index is 1270. The van der Waals surface area contributed by atoms with Crippen molar-refractivity contribution < 1.29 is 43.4 Å². The molecule has 280 valence electrons. The zero-order valence-electron chi connectivity index (χ0n) is 29.2. The highest BCUT2D eigenvalue weighted by atomic mass is 32.2. The predicted octanol–water partition coefficient (Wildman–Crippen LogP) is -0.812. The molecule has 10 N–H and O–H groups in total. The monoisotopic (exact) mass is 723 g/mol. The quantitative estimate of drug-likeness (QED) is 0.0609. The highest BCUT2D eigenvalue weighted by Gasteiger charge is 2.30. The Hall–Kier alpha value is -4.22. The first-order valence-electron chi connectivity index (χ1n) is 16.5. The number of hydrogen-bond donors (Lipinski definition) is 8. The largest absolute Gasteiger partial charge is 0.480 e. The van der Waals surface area contributed by atoms with Gasteiger partial charge in [-0.2, -0.15) is 11.8 Å². The van der Waals surface area contributed by atoms with Crippen molar-refractivity contribution in [2.45, 2.75) is 89.0 Å². The number of carbonyl (C=O) groups excluding carboxylic acids is 6. The van der Waals surface area contributed by atoms with Crippen LogP contribution >= 0.6 is 11.8 Å². The number of carbonyl (C=O) groups is 7. The molecule has 1 aromatic rings. The number of carboxylic acids is 1. The summed E-state index contributed by atoms with van der Waals surface area (Å²) >= 11 is 1.43. The third kappa shape index (κ3) is 17.4. The molecule has 0 aromatic heterocycles. The molecule has 0 fully saturated rings. The van der Waals surface area contributed by atoms with Crippen LogP contribution in [0.3, 0.4) is 0 Å². The molecule has 0 radical (unpaired) electrons. The van der Waals surface area contributed by atoms with Crippen molar-refractivity contribution in [2.75, 3.05) is 32.2 Å². The van der Waals surface area contributed by atoms with E-state index >= 15 is 0 Å². The van der Waals surface area contributed by atoms with Gasteiger partial charge in [0, 0.05) is 12.8 Å². The Labute approximate surface area is 297 Å². The standard InChI is InChI=1S/C33H53N7O9S/c1-20(2)17-25(32(46)39-24(33(47)48)14-16-50-4)37-27(41)19-36-30(44)26(18-21-9-6-5-7-10-21)40-31(45)23(12-13-28(42)49-3)38-29(43)22(35)11-8-15-34/h5-7,9-10,20,22-26H,8,11-19,34-35H2,1-4H3,(H,36,44)(H,37,41)(H,38,43)(H,39,46)(H,40,45)(H,47,48)/t22-,23-,24-,25-,26-/m0/s1. The lowest BCUT2D eigenvalue weighted by molar-refractivity contribution is -0.142. The Morgan fingerprint density at radius 1 is 0.820 bits per heavy atom. The van der Waals surface area contributed by atoms with E-state index in [0.29, 0.717) is 24.3 Å². The van der Waals surface area contributed by atoms with Crippen LogP contribution in [0.1, 0.15) is 57.9 Å². The van der Waals surface area contributed by atoms with Crippen molar-refractivity contribution in [1.29, 1.82) is 0 Å². The van der Waals surface area contributed by atoms with Gasteiger partial charge < -0.3 is 47.9 Å². The van der Waals surface area contributed by atoms with Gasteiger partial charge in [0.1, 0.15) is 24.2 Å². The number of aliphatic carboxylic acids is 1. The summed E-state index contributed by atoms with van der Waals surface area (Å²) < 4.78 is 4.67. The Balaban J connectivity index is 3.11. The van der Waals surface area contributed by atoms with E-state index < -0.39 is 78.2 Å². The van der Waals surface area contributed by atoms with E-state index in [1.807, 2.05) is 20.1 Å². The molecular formula is C33H53N7O9S. The molecule has 50 heavy (non-hydrogen) atoms. The number of esters is 1. The molecule has 0 saturated heterocycles. The summed E-state index contributed by atoms with van der Waals surface area (Å²) in [6, 6.07) is 3.13. The van der Waals surface area contributed by atoms with Crippen molar-refractivity contribution >= 4 is 53.2 Å². The number of thioether (sulfide) groups is 1. The van der Waals surface area contributed by atoms with Crippen molar-refractivity contribution in [3.8, 4) is 0 Å². The number of amides is 5. The number of nitrogens with one attached hydrogen (secondary N) is 5. The van der Waals surface area contributed by atoms with Crippen molar-refractivity contribution in [2.24, 2.45) is 17.4 Å². The molecule has 1 rings (SSSR count). The third-order valence-electron chi connectivity index (χ3n) is 7.48. The fourth-order valence-corrected chi connectivity index (χ4v) is 5.19. The van der Waals surface area contributed by atoms with E-state index in [0.717, 1.165) is 0 Å². The zero-order valence-corrected chi connectivity index (χ0v) is 30.0. The second kappa shape index (κ2) is 24.0. The summed E-state index contributed by atoms with van der Waals surface area (Å²) in [5, 5.41) is 22.2. The third-order valence-corrected chi connectivity index (χ3v) is 8.12. The highest BCUT2D eigenvalue weighted by molar-refractivity contribution is 7.98. The van der Waals surface area contributed by atoms with Gasteiger partial charge in [-0.3, -0.25) is 28.8 Å².